The van der Waals surface area contributed by atoms with Gasteiger partial charge in [-0.2, -0.15) is 0 Å². The molecule has 3 N–H and O–H groups in total. The Hall–Kier alpha value is -2.69. The average Bonchev–Trinajstić information content (AvgIpc) is 2.49. The summed E-state index contributed by atoms with van der Waals surface area (Å²) < 4.78 is 10.4. The Balaban J connectivity index is 2.32. The summed E-state index contributed by atoms with van der Waals surface area (Å²) in [6, 6.07) is 10.4. The van der Waals surface area contributed by atoms with Crippen molar-refractivity contribution in [3.8, 4) is 11.5 Å². The number of aryl methyl sites for hydroxylation is 1. The van der Waals surface area contributed by atoms with E-state index in [2.05, 4.69) is 5.32 Å². The van der Waals surface area contributed by atoms with Gasteiger partial charge in [-0.05, 0) is 36.8 Å². The molecule has 0 aliphatic rings. The van der Waals surface area contributed by atoms with Crippen molar-refractivity contribution < 1.29 is 14.3 Å². The second-order valence-corrected chi connectivity index (χ2v) is 4.59. The molecule has 5 heteroatoms. The molecule has 1 amide bonds. The molecule has 110 valence electrons. The van der Waals surface area contributed by atoms with Crippen molar-refractivity contribution in [2.75, 3.05) is 25.3 Å². The van der Waals surface area contributed by atoms with Gasteiger partial charge in [-0.25, -0.2) is 0 Å². The molecule has 2 aromatic rings. The monoisotopic (exact) mass is 286 g/mol. The number of anilines is 2. The number of rotatable bonds is 4. The molecule has 0 atom stereocenters. The van der Waals surface area contributed by atoms with Crippen molar-refractivity contribution in [2.24, 2.45) is 0 Å². The first kappa shape index (κ1) is 14.7. The molecule has 0 saturated heterocycles. The number of amides is 1. The van der Waals surface area contributed by atoms with E-state index in [-0.39, 0.29) is 5.91 Å². The van der Waals surface area contributed by atoms with Crippen LogP contribution >= 0.6 is 0 Å². The number of hydrogen-bond donors (Lipinski definition) is 2. The molecule has 2 rings (SSSR count). The molecule has 0 bridgehead atoms. The highest BCUT2D eigenvalue weighted by atomic mass is 16.5. The van der Waals surface area contributed by atoms with E-state index < -0.39 is 0 Å². The third kappa shape index (κ3) is 3.25. The molecule has 0 aliphatic carbocycles. The number of carbonyl (C=O) groups excluding carboxylic acids is 1. The zero-order valence-corrected chi connectivity index (χ0v) is 12.3. The quantitative estimate of drug-likeness (QED) is 0.848. The number of benzene rings is 2. The lowest BCUT2D eigenvalue weighted by Gasteiger charge is -2.13. The van der Waals surface area contributed by atoms with E-state index >= 15 is 0 Å². The van der Waals surface area contributed by atoms with Crippen LogP contribution in [0.2, 0.25) is 0 Å². The van der Waals surface area contributed by atoms with E-state index in [0.29, 0.717) is 28.4 Å². The van der Waals surface area contributed by atoms with Crippen LogP contribution < -0.4 is 20.5 Å². The Labute approximate surface area is 123 Å². The molecule has 0 aromatic heterocycles. The Morgan fingerprint density at radius 2 is 1.86 bits per heavy atom. The van der Waals surface area contributed by atoms with Crippen LogP contribution in [0.5, 0.6) is 11.5 Å². The smallest absolute Gasteiger partial charge is 0.256 e. The first-order valence-electron chi connectivity index (χ1n) is 6.44. The summed E-state index contributed by atoms with van der Waals surface area (Å²) in [6.07, 6.45) is 0. The fourth-order valence-electron chi connectivity index (χ4n) is 1.99. The Morgan fingerprint density at radius 3 is 2.52 bits per heavy atom. The topological polar surface area (TPSA) is 73.6 Å². The van der Waals surface area contributed by atoms with Gasteiger partial charge in [0.05, 0.1) is 19.9 Å². The van der Waals surface area contributed by atoms with E-state index in [1.807, 2.05) is 13.0 Å². The van der Waals surface area contributed by atoms with Gasteiger partial charge in [0.2, 0.25) is 0 Å². The van der Waals surface area contributed by atoms with Gasteiger partial charge in [0.15, 0.2) is 0 Å². The van der Waals surface area contributed by atoms with Gasteiger partial charge in [-0.1, -0.05) is 6.07 Å². The molecule has 2 aromatic carbocycles. The summed E-state index contributed by atoms with van der Waals surface area (Å²) in [6.45, 7) is 1.86. The molecular weight excluding hydrogens is 268 g/mol. The number of nitrogens with one attached hydrogen (secondary N) is 1. The second-order valence-electron chi connectivity index (χ2n) is 4.59. The summed E-state index contributed by atoms with van der Waals surface area (Å²) >= 11 is 0. The van der Waals surface area contributed by atoms with Crippen molar-refractivity contribution in [3.05, 3.63) is 47.5 Å². The lowest BCUT2D eigenvalue weighted by Crippen LogP contribution is -2.14. The summed E-state index contributed by atoms with van der Waals surface area (Å²) in [7, 11) is 3.11. The summed E-state index contributed by atoms with van der Waals surface area (Å²) in [5, 5.41) is 2.82. The number of ether oxygens (including phenoxy) is 2. The van der Waals surface area contributed by atoms with E-state index in [1.54, 1.807) is 44.6 Å². The maximum Gasteiger partial charge on any atom is 0.256 e. The number of nitrogen functional groups attached to an aromatic ring is 1. The van der Waals surface area contributed by atoms with Gasteiger partial charge in [0, 0.05) is 17.3 Å². The highest BCUT2D eigenvalue weighted by molar-refractivity contribution is 6.06. The summed E-state index contributed by atoms with van der Waals surface area (Å²) in [4.78, 5) is 12.4. The van der Waals surface area contributed by atoms with Gasteiger partial charge in [-0.15, -0.1) is 0 Å². The fourth-order valence-corrected chi connectivity index (χ4v) is 1.99. The number of carbonyl (C=O) groups is 1. The zero-order valence-electron chi connectivity index (χ0n) is 12.3. The molecule has 0 radical (unpaired) electrons. The predicted octanol–water partition coefficient (Wildman–Crippen LogP) is 2.85. The number of methoxy groups -OCH3 is 2. The van der Waals surface area contributed by atoms with Crippen LogP contribution in [0, 0.1) is 6.92 Å². The summed E-state index contributed by atoms with van der Waals surface area (Å²) in [5.74, 6) is 0.951. The van der Waals surface area contributed by atoms with E-state index in [1.165, 1.54) is 0 Å². The van der Waals surface area contributed by atoms with Gasteiger partial charge in [0.1, 0.15) is 11.5 Å². The third-order valence-corrected chi connectivity index (χ3v) is 3.16. The molecule has 0 saturated carbocycles. The SMILES string of the molecule is COc1ccc(OC)c(NC(=O)c2cc(N)ccc2C)c1. The van der Waals surface area contributed by atoms with Gasteiger partial charge >= 0.3 is 0 Å². The molecule has 5 nitrogen and oxygen atoms in total. The van der Waals surface area contributed by atoms with Crippen molar-refractivity contribution in [1.82, 2.24) is 0 Å². The maximum absolute atomic E-state index is 12.4. The highest BCUT2D eigenvalue weighted by Crippen LogP contribution is 2.29. The molecule has 0 spiro atoms. The van der Waals surface area contributed by atoms with Crippen LogP contribution in [-0.2, 0) is 0 Å². The Kier molecular flexibility index (Phi) is 4.33. The molecular formula is C16H18N2O3. The predicted molar refractivity (Wildman–Crippen MR) is 83.1 cm³/mol. The number of nitrogens with two attached hydrogens (primary N) is 1. The zero-order chi connectivity index (χ0) is 15.4. The molecule has 21 heavy (non-hydrogen) atoms. The van der Waals surface area contributed by atoms with E-state index in [9.17, 15) is 4.79 Å². The van der Waals surface area contributed by atoms with Crippen molar-refractivity contribution in [3.63, 3.8) is 0 Å². The Morgan fingerprint density at radius 1 is 1.10 bits per heavy atom. The standard InChI is InChI=1S/C16H18N2O3/c1-10-4-5-11(17)8-13(10)16(19)18-14-9-12(20-2)6-7-15(14)21-3/h4-9H,17H2,1-3H3,(H,18,19). The van der Waals surface area contributed by atoms with Crippen molar-refractivity contribution >= 4 is 17.3 Å². The minimum absolute atomic E-state index is 0.244. The molecule has 0 heterocycles. The lowest BCUT2D eigenvalue weighted by atomic mass is 10.1. The van der Waals surface area contributed by atoms with Crippen molar-refractivity contribution in [1.29, 1.82) is 0 Å². The van der Waals surface area contributed by atoms with Crippen LogP contribution in [-0.4, -0.2) is 20.1 Å². The first-order valence-corrected chi connectivity index (χ1v) is 6.44. The van der Waals surface area contributed by atoms with Crippen LogP contribution in [0.1, 0.15) is 15.9 Å². The molecule has 0 aliphatic heterocycles. The van der Waals surface area contributed by atoms with Crippen LogP contribution in [0.25, 0.3) is 0 Å². The van der Waals surface area contributed by atoms with Gasteiger partial charge < -0.3 is 20.5 Å². The van der Waals surface area contributed by atoms with E-state index in [4.69, 9.17) is 15.2 Å². The number of hydrogen-bond acceptors (Lipinski definition) is 4. The second kappa shape index (κ2) is 6.17. The summed E-state index contributed by atoms with van der Waals surface area (Å²) in [5.41, 5.74) is 8.20. The minimum atomic E-state index is -0.244. The van der Waals surface area contributed by atoms with Crippen LogP contribution in [0.4, 0.5) is 11.4 Å². The lowest BCUT2D eigenvalue weighted by molar-refractivity contribution is 0.102. The Bertz CT molecular complexity index is 669. The first-order chi connectivity index (χ1) is 10.0. The normalized spacial score (nSPS) is 10.0. The maximum atomic E-state index is 12.4. The third-order valence-electron chi connectivity index (χ3n) is 3.16. The van der Waals surface area contributed by atoms with E-state index in [0.717, 1.165) is 5.56 Å². The minimum Gasteiger partial charge on any atom is -0.497 e. The van der Waals surface area contributed by atoms with Crippen molar-refractivity contribution in [2.45, 2.75) is 6.92 Å². The van der Waals surface area contributed by atoms with Gasteiger partial charge in [-0.3, -0.25) is 4.79 Å². The van der Waals surface area contributed by atoms with Crippen LogP contribution in [0.3, 0.4) is 0 Å². The highest BCUT2D eigenvalue weighted by Gasteiger charge is 2.13. The molecule has 0 fully saturated rings. The van der Waals surface area contributed by atoms with Gasteiger partial charge in [0.25, 0.3) is 5.91 Å². The molecule has 0 unspecified atom stereocenters. The fraction of sp³-hybridized carbons (Fsp3) is 0.188. The average molecular weight is 286 g/mol. The largest absolute Gasteiger partial charge is 0.497 e. The van der Waals surface area contributed by atoms with Crippen LogP contribution in [0.15, 0.2) is 36.4 Å².